The average molecular weight is 342 g/mol. The molecule has 1 aromatic rings. The number of hydrogen-bond donors (Lipinski definition) is 1. The maximum atomic E-state index is 5.18. The van der Waals surface area contributed by atoms with Gasteiger partial charge in [-0.2, -0.15) is 0 Å². The summed E-state index contributed by atoms with van der Waals surface area (Å²) in [6.45, 7) is 8.58. The lowest BCUT2D eigenvalue weighted by atomic mass is 9.93. The van der Waals surface area contributed by atoms with Crippen molar-refractivity contribution < 1.29 is 4.74 Å². The molecule has 0 aliphatic rings. The highest BCUT2D eigenvalue weighted by molar-refractivity contribution is 9.10. The molecule has 3 heteroatoms. The third-order valence-electron chi connectivity index (χ3n) is 3.32. The Labute approximate surface area is 132 Å². The van der Waals surface area contributed by atoms with Gasteiger partial charge in [0, 0.05) is 23.7 Å². The smallest absolute Gasteiger partial charge is 0.0462 e. The molecule has 114 valence electrons. The summed E-state index contributed by atoms with van der Waals surface area (Å²) >= 11 is 3.49. The van der Waals surface area contributed by atoms with Crippen LogP contribution >= 0.6 is 15.9 Å². The van der Waals surface area contributed by atoms with Crippen LogP contribution < -0.4 is 5.32 Å². The van der Waals surface area contributed by atoms with Crippen molar-refractivity contribution in [2.24, 2.45) is 5.92 Å². The lowest BCUT2D eigenvalue weighted by Gasteiger charge is -2.25. The summed E-state index contributed by atoms with van der Waals surface area (Å²) in [5.74, 6) is 0.658. The van der Waals surface area contributed by atoms with E-state index in [9.17, 15) is 0 Å². The maximum absolute atomic E-state index is 5.18. The molecule has 0 radical (unpaired) electrons. The van der Waals surface area contributed by atoms with E-state index in [0.717, 1.165) is 30.5 Å². The Morgan fingerprint density at radius 3 is 2.40 bits per heavy atom. The fraction of sp³-hybridized carbons (Fsp3) is 0.647. The molecule has 0 aromatic heterocycles. The number of benzene rings is 1. The molecule has 1 rings (SSSR count). The van der Waals surface area contributed by atoms with Gasteiger partial charge >= 0.3 is 0 Å². The molecule has 0 spiro atoms. The molecule has 0 saturated carbocycles. The number of hydrogen-bond acceptors (Lipinski definition) is 2. The fourth-order valence-corrected chi connectivity index (χ4v) is 2.46. The zero-order valence-electron chi connectivity index (χ0n) is 13.2. The molecule has 20 heavy (non-hydrogen) atoms. The zero-order chi connectivity index (χ0) is 15.0. The van der Waals surface area contributed by atoms with Crippen LogP contribution in [0.15, 0.2) is 28.7 Å². The minimum atomic E-state index is 0.180. The summed E-state index contributed by atoms with van der Waals surface area (Å²) in [5.41, 5.74) is 1.59. The molecule has 0 heterocycles. The van der Waals surface area contributed by atoms with E-state index in [-0.39, 0.29) is 5.54 Å². The predicted octanol–water partition coefficient (Wildman–Crippen LogP) is 4.42. The van der Waals surface area contributed by atoms with Crippen LogP contribution in [0, 0.1) is 5.92 Å². The normalized spacial score (nSPS) is 13.4. The molecule has 0 bridgehead atoms. The van der Waals surface area contributed by atoms with Crippen LogP contribution in [0.3, 0.4) is 0 Å². The quantitative estimate of drug-likeness (QED) is 0.706. The standard InChI is InChI=1S/C17H28BrNO/c1-17(2,3)19-13-15(6-5-11-20-4)12-14-7-9-16(18)10-8-14/h7-10,15,19H,5-6,11-13H2,1-4H3. The summed E-state index contributed by atoms with van der Waals surface area (Å²) in [7, 11) is 1.77. The van der Waals surface area contributed by atoms with E-state index in [1.165, 1.54) is 12.0 Å². The van der Waals surface area contributed by atoms with E-state index in [1.54, 1.807) is 7.11 Å². The van der Waals surface area contributed by atoms with E-state index < -0.39 is 0 Å². The highest BCUT2D eigenvalue weighted by atomic mass is 79.9. The van der Waals surface area contributed by atoms with E-state index in [4.69, 9.17) is 4.74 Å². The second-order valence-electron chi connectivity index (χ2n) is 6.46. The van der Waals surface area contributed by atoms with Crippen molar-refractivity contribution in [3.05, 3.63) is 34.3 Å². The Balaban J connectivity index is 2.54. The lowest BCUT2D eigenvalue weighted by Crippen LogP contribution is -2.39. The molecule has 1 aromatic carbocycles. The summed E-state index contributed by atoms with van der Waals surface area (Å²) in [4.78, 5) is 0. The predicted molar refractivity (Wildman–Crippen MR) is 90.2 cm³/mol. The first-order valence-corrected chi connectivity index (χ1v) is 8.18. The third kappa shape index (κ3) is 8.03. The van der Waals surface area contributed by atoms with Gasteiger partial charge in [-0.15, -0.1) is 0 Å². The summed E-state index contributed by atoms with van der Waals surface area (Å²) < 4.78 is 6.32. The van der Waals surface area contributed by atoms with Crippen molar-refractivity contribution in [3.63, 3.8) is 0 Å². The second kappa shape index (κ2) is 8.81. The highest BCUT2D eigenvalue weighted by Gasteiger charge is 2.14. The van der Waals surface area contributed by atoms with Gasteiger partial charge < -0.3 is 10.1 Å². The van der Waals surface area contributed by atoms with Crippen molar-refractivity contribution in [2.75, 3.05) is 20.3 Å². The summed E-state index contributed by atoms with van der Waals surface area (Å²) in [6, 6.07) is 8.67. The molecule has 1 N–H and O–H groups in total. The van der Waals surface area contributed by atoms with Gasteiger partial charge in [0.1, 0.15) is 0 Å². The van der Waals surface area contributed by atoms with Gasteiger partial charge in [0.2, 0.25) is 0 Å². The highest BCUT2D eigenvalue weighted by Crippen LogP contribution is 2.17. The molecule has 1 unspecified atom stereocenters. The van der Waals surface area contributed by atoms with Crippen molar-refractivity contribution in [1.82, 2.24) is 5.32 Å². The van der Waals surface area contributed by atoms with Crippen LogP contribution in [-0.2, 0) is 11.2 Å². The Bertz CT molecular complexity index is 370. The molecular formula is C17H28BrNO. The summed E-state index contributed by atoms with van der Waals surface area (Å²) in [5, 5.41) is 3.63. The van der Waals surface area contributed by atoms with E-state index in [2.05, 4.69) is 66.3 Å². The largest absolute Gasteiger partial charge is 0.385 e. The van der Waals surface area contributed by atoms with Gasteiger partial charge in [-0.3, -0.25) is 0 Å². The van der Waals surface area contributed by atoms with Gasteiger partial charge in [-0.25, -0.2) is 0 Å². The molecule has 0 saturated heterocycles. The number of methoxy groups -OCH3 is 1. The Morgan fingerprint density at radius 1 is 1.20 bits per heavy atom. The van der Waals surface area contributed by atoms with Gasteiger partial charge in [-0.1, -0.05) is 28.1 Å². The van der Waals surface area contributed by atoms with Crippen LogP contribution in [0.1, 0.15) is 39.2 Å². The molecule has 2 nitrogen and oxygen atoms in total. The minimum absolute atomic E-state index is 0.180. The molecule has 0 amide bonds. The van der Waals surface area contributed by atoms with Crippen LogP contribution in [0.2, 0.25) is 0 Å². The Morgan fingerprint density at radius 2 is 1.85 bits per heavy atom. The zero-order valence-corrected chi connectivity index (χ0v) is 14.8. The van der Waals surface area contributed by atoms with Crippen molar-refractivity contribution in [3.8, 4) is 0 Å². The molecule has 1 atom stereocenters. The van der Waals surface area contributed by atoms with E-state index >= 15 is 0 Å². The Kier molecular flexibility index (Phi) is 7.78. The van der Waals surface area contributed by atoms with Gasteiger partial charge in [-0.05, 0) is 70.2 Å². The topological polar surface area (TPSA) is 21.3 Å². The molecule has 0 fully saturated rings. The Hall–Kier alpha value is -0.380. The third-order valence-corrected chi connectivity index (χ3v) is 3.85. The van der Waals surface area contributed by atoms with Gasteiger partial charge in [0.15, 0.2) is 0 Å². The van der Waals surface area contributed by atoms with Crippen molar-refractivity contribution in [2.45, 2.75) is 45.6 Å². The molecule has 0 aliphatic carbocycles. The van der Waals surface area contributed by atoms with E-state index in [1.807, 2.05) is 0 Å². The van der Waals surface area contributed by atoms with Crippen LogP contribution in [0.5, 0.6) is 0 Å². The SMILES string of the molecule is COCCCC(CNC(C)(C)C)Cc1ccc(Br)cc1. The summed E-state index contributed by atoms with van der Waals surface area (Å²) in [6.07, 6.45) is 3.45. The van der Waals surface area contributed by atoms with Crippen molar-refractivity contribution in [1.29, 1.82) is 0 Å². The first-order valence-electron chi connectivity index (χ1n) is 7.39. The monoisotopic (exact) mass is 341 g/mol. The number of nitrogens with one attached hydrogen (secondary N) is 1. The molecular weight excluding hydrogens is 314 g/mol. The first-order chi connectivity index (χ1) is 9.40. The van der Waals surface area contributed by atoms with Gasteiger partial charge in [0.25, 0.3) is 0 Å². The van der Waals surface area contributed by atoms with Crippen LogP contribution in [0.4, 0.5) is 0 Å². The average Bonchev–Trinajstić information content (AvgIpc) is 2.37. The van der Waals surface area contributed by atoms with Crippen LogP contribution in [-0.4, -0.2) is 25.8 Å². The lowest BCUT2D eigenvalue weighted by molar-refractivity contribution is 0.185. The second-order valence-corrected chi connectivity index (χ2v) is 7.38. The number of ether oxygens (including phenoxy) is 1. The van der Waals surface area contributed by atoms with Crippen LogP contribution in [0.25, 0.3) is 0 Å². The van der Waals surface area contributed by atoms with E-state index in [0.29, 0.717) is 5.92 Å². The minimum Gasteiger partial charge on any atom is -0.385 e. The fourth-order valence-electron chi connectivity index (χ4n) is 2.20. The maximum Gasteiger partial charge on any atom is 0.0462 e. The first kappa shape index (κ1) is 17.7. The molecule has 0 aliphatic heterocycles. The van der Waals surface area contributed by atoms with Crippen molar-refractivity contribution >= 4 is 15.9 Å². The van der Waals surface area contributed by atoms with Gasteiger partial charge in [0.05, 0.1) is 0 Å². The number of rotatable bonds is 8. The number of halogens is 1.